The van der Waals surface area contributed by atoms with Gasteiger partial charge in [0, 0.05) is 32.9 Å². The highest BCUT2D eigenvalue weighted by atomic mass is 35.5. The van der Waals surface area contributed by atoms with Crippen molar-refractivity contribution in [3.05, 3.63) is 67.6 Å². The minimum absolute atomic E-state index is 0.415. The third-order valence-electron chi connectivity index (χ3n) is 2.93. The summed E-state index contributed by atoms with van der Waals surface area (Å²) in [7, 11) is 0. The second-order valence-corrected chi connectivity index (χ2v) is 6.22. The Labute approximate surface area is 138 Å². The van der Waals surface area contributed by atoms with Crippen LogP contribution in [0.3, 0.4) is 0 Å². The summed E-state index contributed by atoms with van der Waals surface area (Å²) in [6, 6.07) is 10.4. The molecule has 2 rings (SSSR count). The molecular formula is C15H12Cl4O. The Kier molecular flexibility index (Phi) is 5.59. The normalized spacial score (nSPS) is 12.4. The van der Waals surface area contributed by atoms with Gasteiger partial charge in [-0.25, -0.2) is 0 Å². The van der Waals surface area contributed by atoms with Gasteiger partial charge in [-0.15, -0.1) is 0 Å². The van der Waals surface area contributed by atoms with Gasteiger partial charge in [0.05, 0.1) is 6.10 Å². The van der Waals surface area contributed by atoms with Gasteiger partial charge in [0.25, 0.3) is 0 Å². The van der Waals surface area contributed by atoms with E-state index >= 15 is 0 Å². The number of rotatable bonds is 4. The molecule has 1 N–H and O–H groups in total. The Morgan fingerprint density at radius 1 is 0.750 bits per heavy atom. The van der Waals surface area contributed by atoms with Gasteiger partial charge >= 0.3 is 0 Å². The molecule has 0 heterocycles. The molecule has 0 radical (unpaired) electrons. The van der Waals surface area contributed by atoms with Crippen molar-refractivity contribution >= 4 is 46.4 Å². The molecule has 20 heavy (non-hydrogen) atoms. The molecule has 1 atom stereocenters. The van der Waals surface area contributed by atoms with Crippen LogP contribution in [0.2, 0.25) is 20.1 Å². The quantitative estimate of drug-likeness (QED) is 0.778. The predicted octanol–water partition coefficient (Wildman–Crippen LogP) is 5.45. The summed E-state index contributed by atoms with van der Waals surface area (Å²) in [5.74, 6) is 0. The van der Waals surface area contributed by atoms with Gasteiger partial charge in [0.2, 0.25) is 0 Å². The van der Waals surface area contributed by atoms with Crippen LogP contribution in [-0.4, -0.2) is 11.2 Å². The van der Waals surface area contributed by atoms with E-state index in [-0.39, 0.29) is 0 Å². The highest BCUT2D eigenvalue weighted by Gasteiger charge is 2.12. The van der Waals surface area contributed by atoms with Gasteiger partial charge in [-0.1, -0.05) is 52.5 Å². The summed E-state index contributed by atoms with van der Waals surface area (Å²) in [6.07, 6.45) is 0.252. The number of benzene rings is 2. The summed E-state index contributed by atoms with van der Waals surface area (Å²) in [6.45, 7) is 0. The average molecular weight is 350 g/mol. The van der Waals surface area contributed by atoms with E-state index in [0.717, 1.165) is 11.1 Å². The van der Waals surface area contributed by atoms with Crippen molar-refractivity contribution in [2.24, 2.45) is 0 Å². The molecule has 0 aliphatic carbocycles. The van der Waals surface area contributed by atoms with Crippen LogP contribution in [0.5, 0.6) is 0 Å². The maximum atomic E-state index is 10.2. The van der Waals surface area contributed by atoms with Crippen LogP contribution in [0.25, 0.3) is 0 Å². The zero-order valence-corrected chi connectivity index (χ0v) is 13.4. The fourth-order valence-electron chi connectivity index (χ4n) is 1.97. The maximum absolute atomic E-state index is 10.2. The van der Waals surface area contributed by atoms with Crippen LogP contribution in [0, 0.1) is 0 Å². The zero-order valence-electron chi connectivity index (χ0n) is 10.4. The minimum atomic E-state index is -0.593. The molecule has 0 aliphatic heterocycles. The lowest BCUT2D eigenvalue weighted by Gasteiger charge is -2.13. The average Bonchev–Trinajstić information content (AvgIpc) is 2.37. The van der Waals surface area contributed by atoms with Crippen molar-refractivity contribution in [1.82, 2.24) is 0 Å². The van der Waals surface area contributed by atoms with Gasteiger partial charge < -0.3 is 5.11 Å². The van der Waals surface area contributed by atoms with Crippen molar-refractivity contribution in [3.8, 4) is 0 Å². The molecule has 0 saturated heterocycles. The first kappa shape index (κ1) is 15.9. The van der Waals surface area contributed by atoms with Gasteiger partial charge in [-0.3, -0.25) is 0 Å². The van der Waals surface area contributed by atoms with Crippen LogP contribution >= 0.6 is 46.4 Å². The Morgan fingerprint density at radius 3 is 2.05 bits per heavy atom. The highest BCUT2D eigenvalue weighted by Crippen LogP contribution is 2.25. The summed E-state index contributed by atoms with van der Waals surface area (Å²) in [4.78, 5) is 0. The highest BCUT2D eigenvalue weighted by molar-refractivity contribution is 6.35. The van der Waals surface area contributed by atoms with E-state index in [0.29, 0.717) is 32.9 Å². The minimum Gasteiger partial charge on any atom is -0.392 e. The van der Waals surface area contributed by atoms with E-state index in [1.807, 2.05) is 6.07 Å². The van der Waals surface area contributed by atoms with Crippen molar-refractivity contribution in [3.63, 3.8) is 0 Å². The molecule has 2 aromatic carbocycles. The van der Waals surface area contributed by atoms with Crippen LogP contribution in [0.1, 0.15) is 11.1 Å². The van der Waals surface area contributed by atoms with Gasteiger partial charge in [-0.2, -0.15) is 0 Å². The lowest BCUT2D eigenvalue weighted by Crippen LogP contribution is -2.14. The third kappa shape index (κ3) is 4.28. The molecule has 106 valence electrons. The standard InChI is InChI=1S/C15H12Cl4O/c16-11-3-4-14(18)10(5-11)7-13(20)6-9-1-2-12(17)8-15(9)19/h1-5,8,13,20H,6-7H2. The molecule has 0 bridgehead atoms. The Hall–Kier alpha value is -0.440. The van der Waals surface area contributed by atoms with Crippen molar-refractivity contribution in [2.45, 2.75) is 18.9 Å². The number of hydrogen-bond donors (Lipinski definition) is 1. The van der Waals surface area contributed by atoms with Crippen LogP contribution in [0.15, 0.2) is 36.4 Å². The summed E-state index contributed by atoms with van der Waals surface area (Å²) in [5.41, 5.74) is 1.67. The molecule has 0 saturated carbocycles. The molecule has 1 unspecified atom stereocenters. The molecule has 0 amide bonds. The lowest BCUT2D eigenvalue weighted by molar-refractivity contribution is 0.175. The maximum Gasteiger partial charge on any atom is 0.0621 e. The van der Waals surface area contributed by atoms with Crippen molar-refractivity contribution in [2.75, 3.05) is 0 Å². The monoisotopic (exact) mass is 348 g/mol. The Balaban J connectivity index is 2.08. The van der Waals surface area contributed by atoms with Gasteiger partial charge in [0.1, 0.15) is 0 Å². The van der Waals surface area contributed by atoms with E-state index in [1.54, 1.807) is 30.3 Å². The first-order valence-corrected chi connectivity index (χ1v) is 7.53. The van der Waals surface area contributed by atoms with E-state index in [2.05, 4.69) is 0 Å². The largest absolute Gasteiger partial charge is 0.392 e. The van der Waals surface area contributed by atoms with Crippen molar-refractivity contribution in [1.29, 1.82) is 0 Å². The van der Waals surface area contributed by atoms with E-state index in [1.165, 1.54) is 0 Å². The van der Waals surface area contributed by atoms with E-state index in [9.17, 15) is 5.11 Å². The predicted molar refractivity (Wildman–Crippen MR) is 86.3 cm³/mol. The van der Waals surface area contributed by atoms with E-state index in [4.69, 9.17) is 46.4 Å². The fourth-order valence-corrected chi connectivity index (χ4v) is 2.84. The van der Waals surface area contributed by atoms with Crippen molar-refractivity contribution < 1.29 is 5.11 Å². The summed E-state index contributed by atoms with van der Waals surface area (Å²) in [5, 5.41) is 12.5. The van der Waals surface area contributed by atoms with Crippen LogP contribution in [0.4, 0.5) is 0 Å². The Morgan fingerprint density at radius 2 is 1.35 bits per heavy atom. The zero-order chi connectivity index (χ0) is 14.7. The van der Waals surface area contributed by atoms with Gasteiger partial charge in [0.15, 0.2) is 0 Å². The van der Waals surface area contributed by atoms with Crippen LogP contribution in [-0.2, 0) is 12.8 Å². The SMILES string of the molecule is OC(Cc1ccc(Cl)cc1Cl)Cc1cc(Cl)ccc1Cl. The molecule has 2 aromatic rings. The smallest absolute Gasteiger partial charge is 0.0621 e. The van der Waals surface area contributed by atoms with E-state index < -0.39 is 6.10 Å². The topological polar surface area (TPSA) is 20.2 Å². The third-order valence-corrected chi connectivity index (χ3v) is 4.12. The Bertz CT molecular complexity index is 613. The first-order valence-electron chi connectivity index (χ1n) is 6.01. The van der Waals surface area contributed by atoms with Gasteiger partial charge in [-0.05, 0) is 41.5 Å². The van der Waals surface area contributed by atoms with Crippen LogP contribution < -0.4 is 0 Å². The molecule has 0 aromatic heterocycles. The number of aliphatic hydroxyl groups is 1. The second kappa shape index (κ2) is 7.02. The summed E-state index contributed by atoms with van der Waals surface area (Å²) < 4.78 is 0. The second-order valence-electron chi connectivity index (χ2n) is 4.53. The first-order chi connectivity index (χ1) is 9.45. The molecule has 1 nitrogen and oxygen atoms in total. The molecule has 0 aliphatic rings. The number of halogens is 4. The fraction of sp³-hybridized carbons (Fsp3) is 0.200. The lowest BCUT2D eigenvalue weighted by atomic mass is 10.0. The molecule has 0 spiro atoms. The molecule has 5 heteroatoms. The summed E-state index contributed by atoms with van der Waals surface area (Å²) >= 11 is 23.9. The number of hydrogen-bond acceptors (Lipinski definition) is 1. The number of aliphatic hydroxyl groups excluding tert-OH is 1. The molecule has 0 fully saturated rings. The molecular weight excluding hydrogens is 338 g/mol.